The second kappa shape index (κ2) is 3.64. The fraction of sp³-hybridized carbons (Fsp3) is 0.556. The van der Waals surface area contributed by atoms with E-state index in [1.54, 1.807) is 11.8 Å². The van der Waals surface area contributed by atoms with Gasteiger partial charge in [0.15, 0.2) is 5.16 Å². The summed E-state index contributed by atoms with van der Waals surface area (Å²) >= 11 is 1.58. The van der Waals surface area contributed by atoms with Crippen LogP contribution in [0.1, 0.15) is 30.1 Å². The van der Waals surface area contributed by atoms with Crippen LogP contribution in [0.2, 0.25) is 0 Å². The number of nitrogens with two attached hydrogens (primary N) is 1. The van der Waals surface area contributed by atoms with E-state index in [1.165, 1.54) is 18.5 Å². The van der Waals surface area contributed by atoms with E-state index < -0.39 is 0 Å². The first-order valence-corrected chi connectivity index (χ1v) is 5.68. The number of hydrogen-bond donors (Lipinski definition) is 1. The molecule has 1 heterocycles. The Labute approximate surface area is 82.2 Å². The third kappa shape index (κ3) is 2.00. The Morgan fingerprint density at radius 1 is 1.54 bits per heavy atom. The van der Waals surface area contributed by atoms with Crippen LogP contribution in [0.3, 0.4) is 0 Å². The lowest BCUT2D eigenvalue weighted by Crippen LogP contribution is -2.03. The van der Waals surface area contributed by atoms with Crippen LogP contribution in [0, 0.1) is 0 Å². The van der Waals surface area contributed by atoms with Crippen molar-refractivity contribution in [2.45, 2.75) is 30.5 Å². The topological polar surface area (TPSA) is 51.8 Å². The van der Waals surface area contributed by atoms with Crippen LogP contribution in [0.5, 0.6) is 0 Å². The first-order valence-electron chi connectivity index (χ1n) is 4.45. The van der Waals surface area contributed by atoms with Crippen molar-refractivity contribution in [2.24, 2.45) is 5.73 Å². The van der Waals surface area contributed by atoms with Gasteiger partial charge in [0.05, 0.1) is 5.69 Å². The van der Waals surface area contributed by atoms with Gasteiger partial charge in [0.1, 0.15) is 0 Å². The maximum absolute atomic E-state index is 5.56. The summed E-state index contributed by atoms with van der Waals surface area (Å²) in [6.07, 6.45) is 4.54. The molecule has 13 heavy (non-hydrogen) atoms. The van der Waals surface area contributed by atoms with E-state index in [0.29, 0.717) is 12.5 Å². The van der Waals surface area contributed by atoms with Crippen LogP contribution >= 0.6 is 11.8 Å². The van der Waals surface area contributed by atoms with Crippen molar-refractivity contribution >= 4 is 11.8 Å². The van der Waals surface area contributed by atoms with E-state index in [1.807, 2.05) is 12.3 Å². The maximum Gasteiger partial charge on any atom is 0.187 e. The van der Waals surface area contributed by atoms with Gasteiger partial charge in [0.25, 0.3) is 0 Å². The standard InChI is InChI=1S/C9H13N3S/c1-13-9-11-7(5-10)4-8(12-9)6-2-3-6/h4,6H,2-3,5,10H2,1H3. The third-order valence-corrected chi connectivity index (χ3v) is 2.71. The highest BCUT2D eigenvalue weighted by atomic mass is 32.2. The first-order chi connectivity index (χ1) is 6.33. The van der Waals surface area contributed by atoms with Crippen molar-refractivity contribution in [3.05, 3.63) is 17.5 Å². The third-order valence-electron chi connectivity index (χ3n) is 2.17. The van der Waals surface area contributed by atoms with E-state index in [9.17, 15) is 0 Å². The molecule has 0 atom stereocenters. The molecule has 0 unspecified atom stereocenters. The zero-order chi connectivity index (χ0) is 9.26. The average molecular weight is 195 g/mol. The van der Waals surface area contributed by atoms with Crippen molar-refractivity contribution < 1.29 is 0 Å². The Kier molecular flexibility index (Phi) is 2.51. The van der Waals surface area contributed by atoms with Crippen LogP contribution in [0.25, 0.3) is 0 Å². The second-order valence-electron chi connectivity index (χ2n) is 3.25. The van der Waals surface area contributed by atoms with E-state index in [4.69, 9.17) is 5.73 Å². The molecule has 1 saturated carbocycles. The van der Waals surface area contributed by atoms with Gasteiger partial charge in [-0.1, -0.05) is 11.8 Å². The average Bonchev–Trinajstić information content (AvgIpc) is 3.00. The van der Waals surface area contributed by atoms with Gasteiger partial charge in [0.2, 0.25) is 0 Å². The van der Waals surface area contributed by atoms with Crippen LogP contribution < -0.4 is 5.73 Å². The Morgan fingerprint density at radius 2 is 2.31 bits per heavy atom. The van der Waals surface area contributed by atoms with Crippen LogP contribution in [0.15, 0.2) is 11.2 Å². The Balaban J connectivity index is 2.33. The van der Waals surface area contributed by atoms with Crippen LogP contribution in [-0.4, -0.2) is 16.2 Å². The number of thioether (sulfide) groups is 1. The number of hydrogen-bond acceptors (Lipinski definition) is 4. The molecule has 2 rings (SSSR count). The molecule has 0 aliphatic heterocycles. The van der Waals surface area contributed by atoms with Gasteiger partial charge in [-0.3, -0.25) is 0 Å². The van der Waals surface area contributed by atoms with E-state index in [0.717, 1.165) is 10.9 Å². The fourth-order valence-corrected chi connectivity index (χ4v) is 1.68. The summed E-state index contributed by atoms with van der Waals surface area (Å²) in [5.74, 6) is 0.680. The molecule has 0 aromatic carbocycles. The smallest absolute Gasteiger partial charge is 0.187 e. The van der Waals surface area contributed by atoms with Gasteiger partial charge >= 0.3 is 0 Å². The molecule has 0 amide bonds. The van der Waals surface area contributed by atoms with Crippen LogP contribution in [0.4, 0.5) is 0 Å². The van der Waals surface area contributed by atoms with Crippen molar-refractivity contribution in [1.82, 2.24) is 9.97 Å². The monoisotopic (exact) mass is 195 g/mol. The first kappa shape index (κ1) is 8.97. The quantitative estimate of drug-likeness (QED) is 0.587. The second-order valence-corrected chi connectivity index (χ2v) is 4.02. The van der Waals surface area contributed by atoms with Gasteiger partial charge in [-0.2, -0.15) is 0 Å². The number of rotatable bonds is 3. The van der Waals surface area contributed by atoms with Crippen molar-refractivity contribution in [2.75, 3.05) is 6.26 Å². The highest BCUT2D eigenvalue weighted by molar-refractivity contribution is 7.98. The molecule has 70 valence electrons. The SMILES string of the molecule is CSc1nc(CN)cc(C2CC2)n1. The maximum atomic E-state index is 5.56. The Hall–Kier alpha value is -0.610. The van der Waals surface area contributed by atoms with Crippen molar-refractivity contribution in [3.63, 3.8) is 0 Å². The predicted octanol–water partition coefficient (Wildman–Crippen LogP) is 1.53. The Bertz CT molecular complexity index is 287. The molecule has 0 bridgehead atoms. The lowest BCUT2D eigenvalue weighted by atomic mass is 10.2. The highest BCUT2D eigenvalue weighted by Gasteiger charge is 2.25. The van der Waals surface area contributed by atoms with Gasteiger partial charge < -0.3 is 5.73 Å². The number of aromatic nitrogens is 2. The molecule has 0 radical (unpaired) electrons. The summed E-state index contributed by atoms with van der Waals surface area (Å²) in [5.41, 5.74) is 7.70. The molecular weight excluding hydrogens is 182 g/mol. The van der Waals surface area contributed by atoms with E-state index in [-0.39, 0.29) is 0 Å². The van der Waals surface area contributed by atoms with Crippen LogP contribution in [-0.2, 0) is 6.54 Å². The Morgan fingerprint density at radius 3 is 2.85 bits per heavy atom. The summed E-state index contributed by atoms with van der Waals surface area (Å²) < 4.78 is 0. The predicted molar refractivity (Wildman–Crippen MR) is 53.7 cm³/mol. The normalized spacial score (nSPS) is 16.2. The molecule has 2 N–H and O–H groups in total. The van der Waals surface area contributed by atoms with E-state index in [2.05, 4.69) is 9.97 Å². The fourth-order valence-electron chi connectivity index (χ4n) is 1.28. The molecule has 0 saturated heterocycles. The molecule has 1 aromatic heterocycles. The summed E-state index contributed by atoms with van der Waals surface area (Å²) in [4.78, 5) is 8.77. The minimum atomic E-state index is 0.510. The minimum Gasteiger partial charge on any atom is -0.325 e. The largest absolute Gasteiger partial charge is 0.325 e. The van der Waals surface area contributed by atoms with Gasteiger partial charge in [-0.15, -0.1) is 0 Å². The lowest BCUT2D eigenvalue weighted by Gasteiger charge is -2.03. The minimum absolute atomic E-state index is 0.510. The zero-order valence-electron chi connectivity index (χ0n) is 7.66. The van der Waals surface area contributed by atoms with Gasteiger partial charge in [0, 0.05) is 18.2 Å². The molecule has 3 nitrogen and oxygen atoms in total. The highest BCUT2D eigenvalue weighted by Crippen LogP contribution is 2.39. The molecular formula is C9H13N3S. The molecule has 1 aromatic rings. The summed E-state index contributed by atoms with van der Waals surface area (Å²) in [5, 5.41) is 0.852. The lowest BCUT2D eigenvalue weighted by molar-refractivity contribution is 0.828. The number of nitrogens with zero attached hydrogens (tertiary/aromatic N) is 2. The summed E-state index contributed by atoms with van der Waals surface area (Å²) in [6, 6.07) is 2.04. The molecule has 4 heteroatoms. The van der Waals surface area contributed by atoms with Gasteiger partial charge in [-0.25, -0.2) is 9.97 Å². The summed E-state index contributed by atoms with van der Waals surface area (Å²) in [7, 11) is 0. The molecule has 1 aliphatic carbocycles. The molecule has 0 spiro atoms. The molecule has 1 aliphatic rings. The zero-order valence-corrected chi connectivity index (χ0v) is 8.47. The summed E-state index contributed by atoms with van der Waals surface area (Å²) in [6.45, 7) is 0.510. The van der Waals surface area contributed by atoms with Crippen molar-refractivity contribution in [3.8, 4) is 0 Å². The van der Waals surface area contributed by atoms with E-state index >= 15 is 0 Å². The molecule has 1 fully saturated rings. The van der Waals surface area contributed by atoms with Gasteiger partial charge in [-0.05, 0) is 25.2 Å². The van der Waals surface area contributed by atoms with Crippen molar-refractivity contribution in [1.29, 1.82) is 0 Å².